The van der Waals surface area contributed by atoms with Crippen molar-refractivity contribution in [2.24, 2.45) is 5.92 Å². The predicted octanol–water partition coefficient (Wildman–Crippen LogP) is 1.31. The van der Waals surface area contributed by atoms with E-state index >= 15 is 0 Å². The lowest BCUT2D eigenvalue weighted by Crippen LogP contribution is -2.27. The molecule has 0 spiro atoms. The molecular formula is C9H18O2. The largest absolute Gasteiger partial charge is 0.390 e. The summed E-state index contributed by atoms with van der Waals surface area (Å²) in [5.41, 5.74) is 0. The summed E-state index contributed by atoms with van der Waals surface area (Å²) in [6.07, 6.45) is 4.16. The van der Waals surface area contributed by atoms with Gasteiger partial charge in [-0.25, -0.2) is 0 Å². The Hall–Kier alpha value is -0.0800. The van der Waals surface area contributed by atoms with Crippen LogP contribution in [0, 0.1) is 5.92 Å². The monoisotopic (exact) mass is 158 g/mol. The first-order valence-corrected chi connectivity index (χ1v) is 4.61. The van der Waals surface area contributed by atoms with E-state index in [1.165, 1.54) is 0 Å². The molecule has 11 heavy (non-hydrogen) atoms. The Balaban J connectivity index is 2.11. The number of rotatable bonds is 5. The second kappa shape index (κ2) is 4.07. The average Bonchev–Trinajstić information content (AvgIpc) is 2.81. The van der Waals surface area contributed by atoms with E-state index in [0.717, 1.165) is 32.1 Å². The topological polar surface area (TPSA) is 40.5 Å². The Morgan fingerprint density at radius 2 is 2.00 bits per heavy atom. The van der Waals surface area contributed by atoms with Crippen LogP contribution in [-0.4, -0.2) is 22.4 Å². The molecule has 1 saturated carbocycles. The molecule has 2 heteroatoms. The lowest BCUT2D eigenvalue weighted by Gasteiger charge is -2.16. The van der Waals surface area contributed by atoms with Gasteiger partial charge in [0.2, 0.25) is 0 Å². The minimum atomic E-state index is -0.470. The molecule has 0 heterocycles. The van der Waals surface area contributed by atoms with Gasteiger partial charge in [0, 0.05) is 0 Å². The Kier molecular flexibility index (Phi) is 3.34. The van der Waals surface area contributed by atoms with Gasteiger partial charge in [-0.05, 0) is 25.2 Å². The van der Waals surface area contributed by atoms with Crippen LogP contribution in [0.15, 0.2) is 0 Å². The minimum Gasteiger partial charge on any atom is -0.390 e. The van der Waals surface area contributed by atoms with Gasteiger partial charge in [-0.15, -0.1) is 0 Å². The van der Waals surface area contributed by atoms with Gasteiger partial charge in [-0.2, -0.15) is 0 Å². The second-order valence-corrected chi connectivity index (χ2v) is 3.54. The van der Waals surface area contributed by atoms with Gasteiger partial charge in [0.1, 0.15) is 0 Å². The van der Waals surface area contributed by atoms with Gasteiger partial charge in [-0.1, -0.05) is 19.8 Å². The van der Waals surface area contributed by atoms with Crippen LogP contribution in [0.1, 0.15) is 39.0 Å². The summed E-state index contributed by atoms with van der Waals surface area (Å²) in [6, 6.07) is 0. The molecule has 0 radical (unpaired) electrons. The summed E-state index contributed by atoms with van der Waals surface area (Å²) >= 11 is 0. The number of unbranched alkanes of at least 4 members (excludes halogenated alkanes) is 1. The fourth-order valence-corrected chi connectivity index (χ4v) is 1.34. The van der Waals surface area contributed by atoms with Gasteiger partial charge in [0.25, 0.3) is 0 Å². The highest BCUT2D eigenvalue weighted by Gasteiger charge is 2.33. The Bertz CT molecular complexity index is 110. The van der Waals surface area contributed by atoms with Crippen molar-refractivity contribution in [1.29, 1.82) is 0 Å². The van der Waals surface area contributed by atoms with Gasteiger partial charge in [0.15, 0.2) is 0 Å². The number of hydrogen-bond acceptors (Lipinski definition) is 2. The van der Waals surface area contributed by atoms with Crippen LogP contribution in [0.4, 0.5) is 0 Å². The Morgan fingerprint density at radius 3 is 2.45 bits per heavy atom. The smallest absolute Gasteiger partial charge is 0.0827 e. The molecule has 2 N–H and O–H groups in total. The van der Waals surface area contributed by atoms with Crippen LogP contribution in [0.25, 0.3) is 0 Å². The SMILES string of the molecule is CCCCC(O)C(O)C1CC1. The molecular weight excluding hydrogens is 140 g/mol. The molecule has 0 aromatic carbocycles. The molecule has 0 bridgehead atoms. The molecule has 2 unspecified atom stereocenters. The predicted molar refractivity (Wildman–Crippen MR) is 44.3 cm³/mol. The van der Waals surface area contributed by atoms with Crippen LogP contribution >= 0.6 is 0 Å². The first kappa shape index (κ1) is 9.01. The third kappa shape index (κ3) is 2.80. The van der Waals surface area contributed by atoms with Gasteiger partial charge < -0.3 is 10.2 Å². The van der Waals surface area contributed by atoms with E-state index in [-0.39, 0.29) is 0 Å². The molecule has 0 amide bonds. The minimum absolute atomic E-state index is 0.404. The molecule has 2 nitrogen and oxygen atoms in total. The maximum Gasteiger partial charge on any atom is 0.0827 e. The fourth-order valence-electron chi connectivity index (χ4n) is 1.34. The molecule has 0 aromatic heterocycles. The third-order valence-electron chi connectivity index (χ3n) is 2.35. The summed E-state index contributed by atoms with van der Waals surface area (Å²) in [6.45, 7) is 2.09. The Labute approximate surface area is 68.2 Å². The van der Waals surface area contributed by atoms with Crippen molar-refractivity contribution in [3.05, 3.63) is 0 Å². The van der Waals surface area contributed by atoms with E-state index < -0.39 is 12.2 Å². The van der Waals surface area contributed by atoms with Crippen molar-refractivity contribution in [3.63, 3.8) is 0 Å². The standard InChI is InChI=1S/C9H18O2/c1-2-3-4-8(10)9(11)7-5-6-7/h7-11H,2-6H2,1H3. The lowest BCUT2D eigenvalue weighted by molar-refractivity contribution is 0.000563. The zero-order chi connectivity index (χ0) is 8.27. The zero-order valence-electron chi connectivity index (χ0n) is 7.16. The highest BCUT2D eigenvalue weighted by Crippen LogP contribution is 2.34. The molecule has 1 fully saturated rings. The first-order chi connectivity index (χ1) is 5.25. The van der Waals surface area contributed by atoms with Crippen molar-refractivity contribution in [1.82, 2.24) is 0 Å². The van der Waals surface area contributed by atoms with Crippen LogP contribution < -0.4 is 0 Å². The van der Waals surface area contributed by atoms with Gasteiger partial charge in [-0.3, -0.25) is 0 Å². The van der Waals surface area contributed by atoms with E-state index in [9.17, 15) is 10.2 Å². The van der Waals surface area contributed by atoms with Crippen molar-refractivity contribution in [2.75, 3.05) is 0 Å². The number of hydrogen-bond donors (Lipinski definition) is 2. The zero-order valence-corrected chi connectivity index (χ0v) is 7.16. The molecule has 1 aliphatic carbocycles. The molecule has 2 atom stereocenters. The van der Waals surface area contributed by atoms with Crippen LogP contribution in [0.2, 0.25) is 0 Å². The molecule has 1 aliphatic rings. The normalized spacial score (nSPS) is 23.2. The van der Waals surface area contributed by atoms with E-state index in [1.54, 1.807) is 0 Å². The summed E-state index contributed by atoms with van der Waals surface area (Å²) < 4.78 is 0. The summed E-state index contributed by atoms with van der Waals surface area (Å²) in [5.74, 6) is 0.404. The lowest BCUT2D eigenvalue weighted by atomic mass is 10.0. The average molecular weight is 158 g/mol. The van der Waals surface area contributed by atoms with Crippen LogP contribution in [0.5, 0.6) is 0 Å². The first-order valence-electron chi connectivity index (χ1n) is 4.61. The molecule has 66 valence electrons. The third-order valence-corrected chi connectivity index (χ3v) is 2.35. The molecule has 1 rings (SSSR count). The molecule has 0 aromatic rings. The van der Waals surface area contributed by atoms with Crippen molar-refractivity contribution in [3.8, 4) is 0 Å². The summed E-state index contributed by atoms with van der Waals surface area (Å²) in [7, 11) is 0. The van der Waals surface area contributed by atoms with Gasteiger partial charge >= 0.3 is 0 Å². The van der Waals surface area contributed by atoms with E-state index in [1.807, 2.05) is 0 Å². The Morgan fingerprint density at radius 1 is 1.36 bits per heavy atom. The fraction of sp³-hybridized carbons (Fsp3) is 1.00. The molecule has 0 aliphatic heterocycles. The summed E-state index contributed by atoms with van der Waals surface area (Å²) in [4.78, 5) is 0. The quantitative estimate of drug-likeness (QED) is 0.633. The highest BCUT2D eigenvalue weighted by molar-refractivity contribution is 4.85. The maximum absolute atomic E-state index is 9.43. The molecule has 0 saturated heterocycles. The van der Waals surface area contributed by atoms with Crippen LogP contribution in [-0.2, 0) is 0 Å². The summed E-state index contributed by atoms with van der Waals surface area (Å²) in [5, 5.41) is 18.8. The number of aliphatic hydroxyl groups is 2. The van der Waals surface area contributed by atoms with Crippen molar-refractivity contribution < 1.29 is 10.2 Å². The second-order valence-electron chi connectivity index (χ2n) is 3.54. The van der Waals surface area contributed by atoms with E-state index in [4.69, 9.17) is 0 Å². The van der Waals surface area contributed by atoms with Crippen LogP contribution in [0.3, 0.4) is 0 Å². The van der Waals surface area contributed by atoms with Crippen molar-refractivity contribution >= 4 is 0 Å². The van der Waals surface area contributed by atoms with Gasteiger partial charge in [0.05, 0.1) is 12.2 Å². The highest BCUT2D eigenvalue weighted by atomic mass is 16.3. The van der Waals surface area contributed by atoms with Crippen molar-refractivity contribution in [2.45, 2.75) is 51.2 Å². The number of aliphatic hydroxyl groups excluding tert-OH is 2. The maximum atomic E-state index is 9.43. The van der Waals surface area contributed by atoms with E-state index in [0.29, 0.717) is 5.92 Å². The van der Waals surface area contributed by atoms with E-state index in [2.05, 4.69) is 6.92 Å².